The van der Waals surface area contributed by atoms with Crippen molar-refractivity contribution < 1.29 is 9.90 Å². The number of hydrogen-bond donors (Lipinski definition) is 2. The number of Topliss-reactive ketones (excluding diaryl/α,β-unsaturated/α-hetero) is 1. The summed E-state index contributed by atoms with van der Waals surface area (Å²) in [5.74, 6) is -0.294. The monoisotopic (exact) mass is 482 g/mol. The fourth-order valence-electron chi connectivity index (χ4n) is 5.04. The van der Waals surface area contributed by atoms with Gasteiger partial charge in [0.05, 0.1) is 0 Å². The highest BCUT2D eigenvalue weighted by molar-refractivity contribution is 6.32. The standard InChI is InChI=1S/C30H27ClN2O2/c1-18-11-14-21(15-12-18)29(35)28-26(20-7-4-3-5-8-20)27-24(9-6-10-25(27)34)33(30(28)32)22-16-13-19(2)23(31)17-22/h3-5,7-8,11-17,26,32,35H,6,9-10H2,1-2H3. The fraction of sp³-hybridized carbons (Fsp3) is 0.200. The number of allylic oxidation sites excluding steroid dienone is 2. The summed E-state index contributed by atoms with van der Waals surface area (Å²) >= 11 is 6.48. The topological polar surface area (TPSA) is 64.4 Å². The first-order valence-electron chi connectivity index (χ1n) is 11.8. The second-order valence-electron chi connectivity index (χ2n) is 9.23. The molecule has 0 spiro atoms. The molecule has 4 nitrogen and oxygen atoms in total. The highest BCUT2D eigenvalue weighted by Gasteiger charge is 2.43. The predicted octanol–water partition coefficient (Wildman–Crippen LogP) is 7.51. The fourth-order valence-corrected chi connectivity index (χ4v) is 5.22. The largest absolute Gasteiger partial charge is 0.507 e. The van der Waals surface area contributed by atoms with Crippen LogP contribution >= 0.6 is 11.6 Å². The molecule has 0 bridgehead atoms. The van der Waals surface area contributed by atoms with Crippen LogP contribution in [-0.2, 0) is 4.79 Å². The average molecular weight is 483 g/mol. The number of hydrogen-bond acceptors (Lipinski definition) is 3. The number of aliphatic hydroxyl groups is 1. The van der Waals surface area contributed by atoms with Crippen molar-refractivity contribution >= 4 is 34.7 Å². The first-order chi connectivity index (χ1) is 16.9. The second-order valence-corrected chi connectivity index (χ2v) is 9.63. The van der Waals surface area contributed by atoms with Crippen molar-refractivity contribution in [2.45, 2.75) is 39.0 Å². The Labute approximate surface area is 210 Å². The third-order valence-corrected chi connectivity index (χ3v) is 7.29. The van der Waals surface area contributed by atoms with Crippen molar-refractivity contribution in [3.8, 4) is 0 Å². The molecular weight excluding hydrogens is 456 g/mol. The summed E-state index contributed by atoms with van der Waals surface area (Å²) in [6.45, 7) is 3.92. The molecule has 5 heteroatoms. The van der Waals surface area contributed by atoms with E-state index < -0.39 is 5.92 Å². The molecule has 3 aromatic carbocycles. The molecule has 5 rings (SSSR count). The van der Waals surface area contributed by atoms with Gasteiger partial charge in [0, 0.05) is 45.5 Å². The molecule has 0 aromatic heterocycles. The number of rotatable bonds is 3. The Morgan fingerprint density at radius 2 is 1.71 bits per heavy atom. The van der Waals surface area contributed by atoms with Crippen LogP contribution in [0.4, 0.5) is 5.69 Å². The van der Waals surface area contributed by atoms with E-state index in [1.807, 2.05) is 86.6 Å². The third-order valence-electron chi connectivity index (χ3n) is 6.88. The molecule has 1 aliphatic heterocycles. The number of carbonyl (C=O) groups excluding carboxylic acids is 1. The summed E-state index contributed by atoms with van der Waals surface area (Å²) < 4.78 is 0. The zero-order valence-corrected chi connectivity index (χ0v) is 20.6. The van der Waals surface area contributed by atoms with Crippen LogP contribution in [0.2, 0.25) is 5.02 Å². The van der Waals surface area contributed by atoms with Crippen LogP contribution in [-0.4, -0.2) is 16.7 Å². The quantitative estimate of drug-likeness (QED) is 0.379. The highest BCUT2D eigenvalue weighted by Crippen LogP contribution is 2.48. The van der Waals surface area contributed by atoms with E-state index in [0.717, 1.165) is 28.8 Å². The van der Waals surface area contributed by atoms with E-state index in [1.165, 1.54) is 0 Å². The van der Waals surface area contributed by atoms with E-state index in [4.69, 9.17) is 11.6 Å². The van der Waals surface area contributed by atoms with Crippen LogP contribution in [0.25, 0.3) is 5.76 Å². The Morgan fingerprint density at radius 3 is 2.40 bits per heavy atom. The van der Waals surface area contributed by atoms with Gasteiger partial charge >= 0.3 is 0 Å². The summed E-state index contributed by atoms with van der Waals surface area (Å²) in [4.78, 5) is 15.3. The first kappa shape index (κ1) is 23.1. The van der Waals surface area contributed by atoms with Crippen LogP contribution in [0.5, 0.6) is 0 Å². The number of amidine groups is 1. The Kier molecular flexibility index (Phi) is 6.08. The normalized spacial score (nSPS) is 19.6. The molecule has 1 heterocycles. The molecule has 0 radical (unpaired) electrons. The molecule has 1 atom stereocenters. The van der Waals surface area contributed by atoms with Gasteiger partial charge in [0.1, 0.15) is 11.6 Å². The summed E-state index contributed by atoms with van der Waals surface area (Å²) in [6, 6.07) is 23.0. The zero-order valence-electron chi connectivity index (χ0n) is 19.8. The van der Waals surface area contributed by atoms with E-state index in [-0.39, 0.29) is 17.4 Å². The van der Waals surface area contributed by atoms with Crippen molar-refractivity contribution in [1.82, 2.24) is 0 Å². The zero-order chi connectivity index (χ0) is 24.7. The molecule has 1 unspecified atom stereocenters. The van der Waals surface area contributed by atoms with Crippen molar-refractivity contribution in [3.05, 3.63) is 117 Å². The van der Waals surface area contributed by atoms with Gasteiger partial charge in [-0.25, -0.2) is 0 Å². The molecule has 0 amide bonds. The molecule has 35 heavy (non-hydrogen) atoms. The van der Waals surface area contributed by atoms with Gasteiger partial charge < -0.3 is 5.11 Å². The predicted molar refractivity (Wildman–Crippen MR) is 142 cm³/mol. The van der Waals surface area contributed by atoms with Crippen molar-refractivity contribution in [2.24, 2.45) is 0 Å². The molecule has 2 aliphatic rings. The summed E-state index contributed by atoms with van der Waals surface area (Å²) in [5.41, 5.74) is 6.13. The third kappa shape index (κ3) is 4.08. The van der Waals surface area contributed by atoms with Gasteiger partial charge in [0.15, 0.2) is 5.78 Å². The van der Waals surface area contributed by atoms with Gasteiger partial charge in [-0.3, -0.25) is 15.1 Å². The van der Waals surface area contributed by atoms with Gasteiger partial charge in [-0.15, -0.1) is 0 Å². The molecule has 0 saturated heterocycles. The number of halogens is 1. The van der Waals surface area contributed by atoms with Gasteiger partial charge in [0.25, 0.3) is 0 Å². The lowest BCUT2D eigenvalue weighted by Crippen LogP contribution is -2.42. The molecule has 1 aliphatic carbocycles. The van der Waals surface area contributed by atoms with Crippen LogP contribution in [0, 0.1) is 19.3 Å². The molecule has 0 fully saturated rings. The van der Waals surface area contributed by atoms with E-state index in [9.17, 15) is 15.3 Å². The minimum absolute atomic E-state index is 0.0111. The van der Waals surface area contributed by atoms with Crippen LogP contribution in [0.15, 0.2) is 89.6 Å². The summed E-state index contributed by atoms with van der Waals surface area (Å²) in [6.07, 6.45) is 1.86. The maximum absolute atomic E-state index is 13.5. The van der Waals surface area contributed by atoms with E-state index in [2.05, 4.69) is 0 Å². The number of nitrogens with zero attached hydrogens (tertiary/aromatic N) is 1. The number of carbonyl (C=O) groups is 1. The van der Waals surface area contributed by atoms with E-state index in [1.54, 1.807) is 4.90 Å². The number of benzene rings is 3. The number of ketones is 1. The lowest BCUT2D eigenvalue weighted by atomic mass is 9.73. The van der Waals surface area contributed by atoms with Gasteiger partial charge in [-0.05, 0) is 49.9 Å². The average Bonchev–Trinajstić information content (AvgIpc) is 2.86. The smallest absolute Gasteiger partial charge is 0.161 e. The number of anilines is 1. The summed E-state index contributed by atoms with van der Waals surface area (Å²) in [5, 5.41) is 21.6. The van der Waals surface area contributed by atoms with Crippen LogP contribution in [0.3, 0.4) is 0 Å². The van der Waals surface area contributed by atoms with Gasteiger partial charge in [-0.2, -0.15) is 0 Å². The molecule has 0 saturated carbocycles. The molecule has 3 aromatic rings. The van der Waals surface area contributed by atoms with Crippen molar-refractivity contribution in [1.29, 1.82) is 5.41 Å². The minimum Gasteiger partial charge on any atom is -0.507 e. The number of aryl methyl sites for hydroxylation is 2. The van der Waals surface area contributed by atoms with Crippen LogP contribution < -0.4 is 4.90 Å². The molecule has 176 valence electrons. The lowest BCUT2D eigenvalue weighted by Gasteiger charge is -2.42. The van der Waals surface area contributed by atoms with Gasteiger partial charge in [0.2, 0.25) is 0 Å². The number of nitrogens with one attached hydrogen (secondary N) is 1. The minimum atomic E-state index is -0.523. The molecule has 2 N–H and O–H groups in total. The maximum Gasteiger partial charge on any atom is 0.161 e. The first-order valence-corrected chi connectivity index (χ1v) is 12.2. The highest BCUT2D eigenvalue weighted by atomic mass is 35.5. The summed E-state index contributed by atoms with van der Waals surface area (Å²) in [7, 11) is 0. The SMILES string of the molecule is Cc1ccc(C(O)=C2C(=N)N(c3ccc(C)c(Cl)c3)C3=C(C(=O)CCC3)C2c2ccccc2)cc1. The Balaban J connectivity index is 1.82. The van der Waals surface area contributed by atoms with E-state index >= 15 is 0 Å². The second kappa shape index (κ2) is 9.20. The Hall–Kier alpha value is -3.63. The van der Waals surface area contributed by atoms with Crippen LogP contribution in [0.1, 0.15) is 47.4 Å². The van der Waals surface area contributed by atoms with Crippen molar-refractivity contribution in [3.63, 3.8) is 0 Å². The Morgan fingerprint density at radius 1 is 1.00 bits per heavy atom. The Bertz CT molecular complexity index is 1390. The maximum atomic E-state index is 13.5. The van der Waals surface area contributed by atoms with Gasteiger partial charge in [-0.1, -0.05) is 77.8 Å². The number of aliphatic hydroxyl groups excluding tert-OH is 1. The molecular formula is C30H27ClN2O2. The lowest BCUT2D eigenvalue weighted by molar-refractivity contribution is -0.116. The van der Waals surface area contributed by atoms with Crippen molar-refractivity contribution in [2.75, 3.05) is 4.90 Å². The van der Waals surface area contributed by atoms with E-state index in [0.29, 0.717) is 40.3 Å².